The number of carbonyl (C=O) groups is 1. The van der Waals surface area contributed by atoms with Gasteiger partial charge in [-0.05, 0) is 24.1 Å². The molecule has 0 bridgehead atoms. The first-order valence-electron chi connectivity index (χ1n) is 8.60. The number of methoxy groups -OCH3 is 1. The standard InChI is InChI=1S/C21H21N3O2S/c1-3-13-24-20(25)19(14-16-9-5-4-6-10-16)27-21(24)23-22-15-17-11-7-8-12-18(17)26-2/h3-12,15,19H,1,13-14H2,2H3/b22-15-,23-21-/t19-/m1/s1. The molecule has 1 aliphatic heterocycles. The molecule has 1 atom stereocenters. The highest BCUT2D eigenvalue weighted by Gasteiger charge is 2.37. The molecule has 1 saturated heterocycles. The van der Waals surface area contributed by atoms with Gasteiger partial charge in [-0.15, -0.1) is 11.7 Å². The van der Waals surface area contributed by atoms with Crippen LogP contribution in [-0.4, -0.2) is 41.1 Å². The lowest BCUT2D eigenvalue weighted by atomic mass is 10.1. The monoisotopic (exact) mass is 379 g/mol. The Balaban J connectivity index is 1.78. The summed E-state index contributed by atoms with van der Waals surface area (Å²) in [6.45, 7) is 4.16. The Kier molecular flexibility index (Phi) is 6.44. The summed E-state index contributed by atoms with van der Waals surface area (Å²) in [5.41, 5.74) is 1.95. The van der Waals surface area contributed by atoms with E-state index in [9.17, 15) is 4.79 Å². The van der Waals surface area contributed by atoms with E-state index in [0.717, 1.165) is 16.9 Å². The van der Waals surface area contributed by atoms with E-state index in [4.69, 9.17) is 4.74 Å². The maximum atomic E-state index is 12.7. The van der Waals surface area contributed by atoms with Gasteiger partial charge < -0.3 is 4.74 Å². The van der Waals surface area contributed by atoms with Gasteiger partial charge in [0, 0.05) is 12.1 Å². The highest BCUT2D eigenvalue weighted by Crippen LogP contribution is 2.30. The third-order valence-electron chi connectivity index (χ3n) is 4.07. The van der Waals surface area contributed by atoms with Crippen molar-refractivity contribution in [3.8, 4) is 5.75 Å². The van der Waals surface area contributed by atoms with Crippen molar-refractivity contribution >= 4 is 29.1 Å². The number of amides is 1. The van der Waals surface area contributed by atoms with Crippen molar-refractivity contribution in [1.82, 2.24) is 4.90 Å². The largest absolute Gasteiger partial charge is 0.496 e. The number of amidine groups is 1. The summed E-state index contributed by atoms with van der Waals surface area (Å²) in [7, 11) is 1.62. The second-order valence-corrected chi connectivity index (χ2v) is 7.07. The van der Waals surface area contributed by atoms with E-state index >= 15 is 0 Å². The molecule has 1 aliphatic rings. The van der Waals surface area contributed by atoms with E-state index in [2.05, 4.69) is 16.8 Å². The van der Waals surface area contributed by atoms with Crippen molar-refractivity contribution in [2.75, 3.05) is 13.7 Å². The van der Waals surface area contributed by atoms with E-state index in [1.807, 2.05) is 54.6 Å². The molecule has 0 spiro atoms. The third kappa shape index (κ3) is 4.65. The van der Waals surface area contributed by atoms with Crippen molar-refractivity contribution in [1.29, 1.82) is 0 Å². The first-order valence-corrected chi connectivity index (χ1v) is 9.47. The molecule has 5 nitrogen and oxygen atoms in total. The van der Waals surface area contributed by atoms with Gasteiger partial charge in [0.1, 0.15) is 5.75 Å². The van der Waals surface area contributed by atoms with Gasteiger partial charge >= 0.3 is 0 Å². The van der Waals surface area contributed by atoms with Crippen molar-refractivity contribution in [3.05, 3.63) is 78.4 Å². The quantitative estimate of drug-likeness (QED) is 0.418. The van der Waals surface area contributed by atoms with Gasteiger partial charge in [0.05, 0.1) is 18.6 Å². The highest BCUT2D eigenvalue weighted by atomic mass is 32.2. The van der Waals surface area contributed by atoms with E-state index in [1.165, 1.54) is 11.8 Å². The second-order valence-electron chi connectivity index (χ2n) is 5.90. The molecule has 2 aromatic carbocycles. The average molecular weight is 379 g/mol. The van der Waals surface area contributed by atoms with Crippen LogP contribution in [0, 0.1) is 0 Å². The summed E-state index contributed by atoms with van der Waals surface area (Å²) in [5.74, 6) is 0.761. The second kappa shape index (κ2) is 9.19. The molecule has 0 aromatic heterocycles. The Hall–Kier alpha value is -2.86. The molecule has 1 heterocycles. The van der Waals surface area contributed by atoms with Crippen LogP contribution in [0.1, 0.15) is 11.1 Å². The molecule has 1 amide bonds. The van der Waals surface area contributed by atoms with Gasteiger partial charge in [0.25, 0.3) is 0 Å². The van der Waals surface area contributed by atoms with Crippen LogP contribution in [0.15, 0.2) is 77.5 Å². The molecule has 2 aromatic rings. The molecule has 1 fully saturated rings. The van der Waals surface area contributed by atoms with E-state index in [0.29, 0.717) is 18.1 Å². The zero-order valence-electron chi connectivity index (χ0n) is 15.1. The summed E-state index contributed by atoms with van der Waals surface area (Å²) in [4.78, 5) is 14.4. The summed E-state index contributed by atoms with van der Waals surface area (Å²) in [6.07, 6.45) is 3.99. The minimum Gasteiger partial charge on any atom is -0.496 e. The Bertz CT molecular complexity index is 865. The number of thioether (sulfide) groups is 1. The predicted molar refractivity (Wildman–Crippen MR) is 111 cm³/mol. The predicted octanol–water partition coefficient (Wildman–Crippen LogP) is 3.76. The van der Waals surface area contributed by atoms with E-state index in [1.54, 1.807) is 24.3 Å². The average Bonchev–Trinajstić information content (AvgIpc) is 2.98. The van der Waals surface area contributed by atoms with Crippen molar-refractivity contribution < 1.29 is 9.53 Å². The maximum Gasteiger partial charge on any atom is 0.242 e. The first-order chi connectivity index (χ1) is 13.2. The molecular weight excluding hydrogens is 358 g/mol. The SMILES string of the molecule is C=CCN1C(=O)[C@@H](Cc2ccccc2)S/C1=N\N=C/c1ccccc1OC. The van der Waals surface area contributed by atoms with Crippen molar-refractivity contribution in [3.63, 3.8) is 0 Å². The Labute approximate surface area is 163 Å². The normalized spacial score (nSPS) is 18.4. The van der Waals surface area contributed by atoms with Crippen LogP contribution in [0.25, 0.3) is 0 Å². The van der Waals surface area contributed by atoms with Crippen molar-refractivity contribution in [2.24, 2.45) is 10.2 Å². The minimum atomic E-state index is -0.201. The van der Waals surface area contributed by atoms with Gasteiger partial charge in [0.15, 0.2) is 5.17 Å². The van der Waals surface area contributed by atoms with Crippen LogP contribution in [0.4, 0.5) is 0 Å². The number of hydrogen-bond acceptors (Lipinski definition) is 5. The number of benzene rings is 2. The smallest absolute Gasteiger partial charge is 0.242 e. The number of carbonyl (C=O) groups excluding carboxylic acids is 1. The molecule has 0 unspecified atom stereocenters. The van der Waals surface area contributed by atoms with Gasteiger partial charge in [-0.2, -0.15) is 5.10 Å². The topological polar surface area (TPSA) is 54.3 Å². The maximum absolute atomic E-state index is 12.7. The zero-order chi connectivity index (χ0) is 19.1. The fourth-order valence-corrected chi connectivity index (χ4v) is 3.90. The summed E-state index contributed by atoms with van der Waals surface area (Å²) < 4.78 is 5.31. The fourth-order valence-electron chi connectivity index (χ4n) is 2.75. The van der Waals surface area contributed by atoms with E-state index < -0.39 is 0 Å². The van der Waals surface area contributed by atoms with E-state index in [-0.39, 0.29) is 11.2 Å². The Morgan fingerprint density at radius 3 is 2.67 bits per heavy atom. The van der Waals surface area contributed by atoms with Crippen LogP contribution in [0.5, 0.6) is 5.75 Å². The first kappa shape index (κ1) is 18.9. The number of hydrogen-bond donors (Lipinski definition) is 0. The summed E-state index contributed by atoms with van der Waals surface area (Å²) in [6, 6.07) is 17.6. The fraction of sp³-hybridized carbons (Fsp3) is 0.190. The molecule has 3 rings (SSSR count). The minimum absolute atomic E-state index is 0.0370. The summed E-state index contributed by atoms with van der Waals surface area (Å²) in [5, 5.41) is 8.85. The van der Waals surface area contributed by atoms with Crippen LogP contribution < -0.4 is 4.74 Å². The molecule has 0 radical (unpaired) electrons. The van der Waals surface area contributed by atoms with Crippen LogP contribution in [0.3, 0.4) is 0 Å². The molecule has 0 aliphatic carbocycles. The lowest BCUT2D eigenvalue weighted by Gasteiger charge is -2.12. The molecule has 0 saturated carbocycles. The van der Waals surface area contributed by atoms with Gasteiger partial charge in [-0.3, -0.25) is 9.69 Å². The lowest BCUT2D eigenvalue weighted by molar-refractivity contribution is -0.125. The van der Waals surface area contributed by atoms with Crippen LogP contribution >= 0.6 is 11.8 Å². The van der Waals surface area contributed by atoms with Crippen molar-refractivity contribution in [2.45, 2.75) is 11.7 Å². The summed E-state index contributed by atoms with van der Waals surface area (Å²) >= 11 is 1.44. The number of nitrogens with zero attached hydrogens (tertiary/aromatic N) is 3. The molecule has 138 valence electrons. The third-order valence-corrected chi connectivity index (χ3v) is 5.24. The van der Waals surface area contributed by atoms with Gasteiger partial charge in [0.2, 0.25) is 5.91 Å². The molecular formula is C21H21N3O2S. The van der Waals surface area contributed by atoms with Gasteiger partial charge in [-0.1, -0.05) is 60.3 Å². The molecule has 6 heteroatoms. The lowest BCUT2D eigenvalue weighted by Crippen LogP contribution is -2.32. The molecule has 0 N–H and O–H groups in total. The van der Waals surface area contributed by atoms with Gasteiger partial charge in [-0.25, -0.2) is 0 Å². The number of ether oxygens (including phenoxy) is 1. The Morgan fingerprint density at radius 1 is 1.19 bits per heavy atom. The molecule has 27 heavy (non-hydrogen) atoms. The zero-order valence-corrected chi connectivity index (χ0v) is 15.9. The number of rotatable bonds is 7. The Morgan fingerprint density at radius 2 is 1.93 bits per heavy atom. The van der Waals surface area contributed by atoms with Crippen LogP contribution in [0.2, 0.25) is 0 Å². The van der Waals surface area contributed by atoms with Crippen LogP contribution in [-0.2, 0) is 11.2 Å². The number of para-hydroxylation sites is 1. The highest BCUT2D eigenvalue weighted by molar-refractivity contribution is 8.15.